The molecule has 1 heterocycles. The second-order valence-electron chi connectivity index (χ2n) is 6.92. The van der Waals surface area contributed by atoms with Crippen molar-refractivity contribution in [3.05, 3.63) is 88.7 Å². The molecule has 0 aliphatic heterocycles. The molecule has 0 bridgehead atoms. The summed E-state index contributed by atoms with van der Waals surface area (Å²) in [6, 6.07) is 18.0. The summed E-state index contributed by atoms with van der Waals surface area (Å²) in [5.41, 5.74) is 3.72. The molecule has 5 nitrogen and oxygen atoms in total. The van der Waals surface area contributed by atoms with E-state index in [0.717, 1.165) is 11.3 Å². The second kappa shape index (κ2) is 9.56. The normalized spacial score (nSPS) is 12.6. The topological polar surface area (TPSA) is 75.8 Å². The third-order valence-electron chi connectivity index (χ3n) is 4.55. The number of benzene rings is 2. The molecule has 0 saturated carbocycles. The zero-order chi connectivity index (χ0) is 22.6. The van der Waals surface area contributed by atoms with Gasteiger partial charge in [-0.1, -0.05) is 41.9 Å². The fourth-order valence-corrected chi connectivity index (χ4v) is 4.05. The quantitative estimate of drug-likeness (QED) is 0.389. The second-order valence-corrected chi connectivity index (χ2v) is 9.83. The minimum Gasteiger partial charge on any atom is -0.232 e. The molecular weight excluding hydrogens is 450 g/mol. The smallest absolute Gasteiger partial charge is 0.175 e. The van der Waals surface area contributed by atoms with Crippen molar-refractivity contribution in [1.29, 1.82) is 5.26 Å². The summed E-state index contributed by atoms with van der Waals surface area (Å²) in [6.07, 6.45) is 5.03. The van der Waals surface area contributed by atoms with E-state index in [2.05, 4.69) is 23.8 Å². The maximum absolute atomic E-state index is 11.8. The Morgan fingerprint density at radius 1 is 1.19 bits per heavy atom. The van der Waals surface area contributed by atoms with E-state index in [1.165, 1.54) is 6.26 Å². The van der Waals surface area contributed by atoms with Gasteiger partial charge in [0.25, 0.3) is 0 Å². The molecule has 0 unspecified atom stereocenters. The van der Waals surface area contributed by atoms with E-state index < -0.39 is 9.84 Å². The van der Waals surface area contributed by atoms with Crippen molar-refractivity contribution >= 4 is 44.5 Å². The molecule has 8 heteroatoms. The number of nitrogens with zero attached hydrogens (tertiary/aromatic N) is 3. The number of hydrogen-bond donors (Lipinski definition) is 1. The number of thiol groups is 1. The summed E-state index contributed by atoms with van der Waals surface area (Å²) >= 11 is 10.9. The molecule has 31 heavy (non-hydrogen) atoms. The molecule has 0 N–H and O–H groups in total. The molecule has 0 spiro atoms. The van der Waals surface area contributed by atoms with Gasteiger partial charge < -0.3 is 0 Å². The highest BCUT2D eigenvalue weighted by Gasteiger charge is 2.13. The van der Waals surface area contributed by atoms with Crippen LogP contribution in [0.1, 0.15) is 23.9 Å². The van der Waals surface area contributed by atoms with E-state index >= 15 is 0 Å². The van der Waals surface area contributed by atoms with Gasteiger partial charge in [-0.25, -0.2) is 13.1 Å². The lowest BCUT2D eigenvalue weighted by Gasteiger charge is -2.09. The van der Waals surface area contributed by atoms with Crippen molar-refractivity contribution in [3.63, 3.8) is 0 Å². The standard InChI is InChI=1S/C23H20ClN3O2S2/c1-16(10-11-23(30)17-6-5-7-19(14-17)31(2,28)29)22-15-18(12-13-25)26-27(22)21-9-4-3-8-20(21)24/h3-11,14-15,30H,12H2,1-2H3/b16-10+,23-11-. The number of hydrogen-bond acceptors (Lipinski definition) is 5. The monoisotopic (exact) mass is 469 g/mol. The Morgan fingerprint density at radius 2 is 1.94 bits per heavy atom. The zero-order valence-corrected chi connectivity index (χ0v) is 19.4. The highest BCUT2D eigenvalue weighted by Crippen LogP contribution is 2.27. The number of aromatic nitrogens is 2. The van der Waals surface area contributed by atoms with Gasteiger partial charge in [-0.2, -0.15) is 10.4 Å². The molecular formula is C23H20ClN3O2S2. The Balaban J connectivity index is 2.02. The van der Waals surface area contributed by atoms with Crippen LogP contribution in [0, 0.1) is 11.3 Å². The van der Waals surface area contributed by atoms with E-state index in [1.54, 1.807) is 41.1 Å². The summed E-state index contributed by atoms with van der Waals surface area (Å²) in [4.78, 5) is 0.856. The first-order chi connectivity index (χ1) is 14.7. The van der Waals surface area contributed by atoms with E-state index in [1.807, 2.05) is 37.3 Å². The van der Waals surface area contributed by atoms with Crippen LogP contribution in [0.4, 0.5) is 0 Å². The number of nitriles is 1. The number of sulfone groups is 1. The van der Waals surface area contributed by atoms with E-state index in [9.17, 15) is 8.42 Å². The van der Waals surface area contributed by atoms with Crippen molar-refractivity contribution in [2.24, 2.45) is 0 Å². The third kappa shape index (κ3) is 5.47. The molecule has 3 rings (SSSR count). The molecule has 0 radical (unpaired) electrons. The Bertz CT molecular complexity index is 1330. The van der Waals surface area contributed by atoms with Crippen LogP contribution in [0.5, 0.6) is 0 Å². The van der Waals surface area contributed by atoms with Gasteiger partial charge in [0, 0.05) is 11.2 Å². The predicted octanol–water partition coefficient (Wildman–Crippen LogP) is 5.37. The van der Waals surface area contributed by atoms with Gasteiger partial charge in [0.05, 0.1) is 39.5 Å². The van der Waals surface area contributed by atoms with Gasteiger partial charge >= 0.3 is 0 Å². The zero-order valence-electron chi connectivity index (χ0n) is 16.9. The fourth-order valence-electron chi connectivity index (χ4n) is 2.96. The average molecular weight is 470 g/mol. The number of rotatable bonds is 6. The summed E-state index contributed by atoms with van der Waals surface area (Å²) < 4.78 is 25.3. The van der Waals surface area contributed by atoms with Crippen molar-refractivity contribution in [3.8, 4) is 11.8 Å². The van der Waals surface area contributed by atoms with Crippen molar-refractivity contribution in [2.75, 3.05) is 6.26 Å². The Kier molecular flexibility index (Phi) is 7.06. The lowest BCUT2D eigenvalue weighted by atomic mass is 10.1. The molecule has 0 aliphatic carbocycles. The molecule has 0 amide bonds. The molecule has 1 aromatic heterocycles. The molecule has 158 valence electrons. The molecule has 3 aromatic rings. The highest BCUT2D eigenvalue weighted by molar-refractivity contribution is 7.91. The van der Waals surface area contributed by atoms with Crippen molar-refractivity contribution in [1.82, 2.24) is 9.78 Å². The van der Waals surface area contributed by atoms with Crippen LogP contribution in [0.2, 0.25) is 5.02 Å². The molecule has 2 aromatic carbocycles. The van der Waals surface area contributed by atoms with Gasteiger partial charge in [-0.15, -0.1) is 12.6 Å². The van der Waals surface area contributed by atoms with E-state index in [4.69, 9.17) is 16.9 Å². The van der Waals surface area contributed by atoms with E-state index in [0.29, 0.717) is 26.9 Å². The summed E-state index contributed by atoms with van der Waals surface area (Å²) in [5.74, 6) is 0. The predicted molar refractivity (Wildman–Crippen MR) is 128 cm³/mol. The molecule has 0 aliphatic rings. The van der Waals surface area contributed by atoms with Crippen LogP contribution in [-0.2, 0) is 16.3 Å². The lowest BCUT2D eigenvalue weighted by molar-refractivity contribution is 0.602. The fraction of sp³-hybridized carbons (Fsp3) is 0.130. The van der Waals surface area contributed by atoms with Gasteiger partial charge in [0.15, 0.2) is 9.84 Å². The maximum atomic E-state index is 11.8. The number of halogens is 1. The van der Waals surface area contributed by atoms with E-state index in [-0.39, 0.29) is 11.3 Å². The van der Waals surface area contributed by atoms with Crippen LogP contribution in [0.25, 0.3) is 16.2 Å². The third-order valence-corrected chi connectivity index (χ3v) is 6.39. The SMILES string of the molecule is C/C(=C\C=C(/S)c1cccc(S(C)(=O)=O)c1)c1cc(CC#N)nn1-c1ccccc1Cl. The number of para-hydroxylation sites is 1. The average Bonchev–Trinajstić information content (AvgIpc) is 3.15. The first kappa shape index (κ1) is 22.9. The van der Waals surface area contributed by atoms with Gasteiger partial charge in [0.1, 0.15) is 0 Å². The summed E-state index contributed by atoms with van der Waals surface area (Å²) in [6.45, 7) is 1.92. The van der Waals surface area contributed by atoms with Crippen molar-refractivity contribution in [2.45, 2.75) is 18.2 Å². The van der Waals surface area contributed by atoms with Crippen LogP contribution < -0.4 is 0 Å². The first-order valence-corrected chi connectivity index (χ1v) is 12.0. The highest BCUT2D eigenvalue weighted by atomic mass is 35.5. The Hall–Kier alpha value is -2.79. The maximum Gasteiger partial charge on any atom is 0.175 e. The Morgan fingerprint density at radius 3 is 2.61 bits per heavy atom. The summed E-state index contributed by atoms with van der Waals surface area (Å²) in [5, 5.41) is 14.1. The van der Waals surface area contributed by atoms with Crippen LogP contribution in [-0.4, -0.2) is 24.5 Å². The van der Waals surface area contributed by atoms with Gasteiger partial charge in [-0.05, 0) is 54.5 Å². The first-order valence-electron chi connectivity index (χ1n) is 9.30. The minimum absolute atomic E-state index is 0.184. The van der Waals surface area contributed by atoms with Crippen LogP contribution in [0.15, 0.2) is 71.6 Å². The molecule has 0 fully saturated rings. The van der Waals surface area contributed by atoms with Crippen LogP contribution >= 0.6 is 24.2 Å². The lowest BCUT2D eigenvalue weighted by Crippen LogP contribution is -2.02. The molecule has 0 atom stereocenters. The minimum atomic E-state index is -3.30. The molecule has 0 saturated heterocycles. The number of allylic oxidation sites excluding steroid dienone is 3. The Labute approximate surface area is 192 Å². The van der Waals surface area contributed by atoms with Gasteiger partial charge in [-0.3, -0.25) is 0 Å². The van der Waals surface area contributed by atoms with Crippen LogP contribution in [0.3, 0.4) is 0 Å². The summed E-state index contributed by atoms with van der Waals surface area (Å²) in [7, 11) is -3.30. The van der Waals surface area contributed by atoms with Crippen molar-refractivity contribution < 1.29 is 8.42 Å². The van der Waals surface area contributed by atoms with Gasteiger partial charge in [0.2, 0.25) is 0 Å². The largest absolute Gasteiger partial charge is 0.232 e.